The van der Waals surface area contributed by atoms with E-state index in [9.17, 15) is 0 Å². The molecule has 1 aromatic heterocycles. The van der Waals surface area contributed by atoms with Gasteiger partial charge in [-0.25, -0.2) is 0 Å². The van der Waals surface area contributed by atoms with Crippen LogP contribution in [0.2, 0.25) is 0 Å². The Balaban J connectivity index is 1.82. The van der Waals surface area contributed by atoms with Crippen molar-refractivity contribution in [2.24, 2.45) is 12.0 Å². The highest BCUT2D eigenvalue weighted by molar-refractivity contribution is 5.79. The van der Waals surface area contributed by atoms with Gasteiger partial charge in [0.15, 0.2) is 11.8 Å². The highest BCUT2D eigenvalue weighted by Crippen LogP contribution is 2.08. The van der Waals surface area contributed by atoms with Crippen molar-refractivity contribution < 1.29 is 0 Å². The molecule has 0 radical (unpaired) electrons. The molecule has 23 heavy (non-hydrogen) atoms. The monoisotopic (exact) mass is 314 g/mol. The third kappa shape index (κ3) is 4.81. The molecule has 0 aliphatic rings. The van der Waals surface area contributed by atoms with Crippen LogP contribution in [0.25, 0.3) is 0 Å². The third-order valence-corrected chi connectivity index (χ3v) is 3.81. The van der Waals surface area contributed by atoms with E-state index in [1.54, 1.807) is 7.05 Å². The molecule has 0 saturated heterocycles. The molecule has 2 N–H and O–H groups in total. The van der Waals surface area contributed by atoms with Gasteiger partial charge >= 0.3 is 0 Å². The number of nitrogens with zero attached hydrogens (tertiary/aromatic N) is 4. The second kappa shape index (κ2) is 7.76. The molecule has 2 aromatic rings. The van der Waals surface area contributed by atoms with E-state index in [4.69, 9.17) is 0 Å². The number of aliphatic imine (C=N–C) groups is 1. The van der Waals surface area contributed by atoms with Gasteiger partial charge in [0.05, 0.1) is 6.54 Å². The molecule has 6 nitrogen and oxygen atoms in total. The first-order valence-electron chi connectivity index (χ1n) is 7.86. The zero-order valence-corrected chi connectivity index (χ0v) is 14.6. The maximum Gasteiger partial charge on any atom is 0.191 e. The van der Waals surface area contributed by atoms with Crippen molar-refractivity contribution in [2.75, 3.05) is 13.6 Å². The summed E-state index contributed by atoms with van der Waals surface area (Å²) in [5, 5.41) is 14.8. The van der Waals surface area contributed by atoms with Crippen molar-refractivity contribution in [3.63, 3.8) is 0 Å². The van der Waals surface area contributed by atoms with E-state index >= 15 is 0 Å². The van der Waals surface area contributed by atoms with E-state index in [0.29, 0.717) is 6.54 Å². The normalized spacial score (nSPS) is 11.6. The van der Waals surface area contributed by atoms with Gasteiger partial charge in [0.1, 0.15) is 5.82 Å². The Hall–Kier alpha value is -2.37. The number of hydrogen-bond donors (Lipinski definition) is 2. The molecule has 0 spiro atoms. The number of aryl methyl sites for hydroxylation is 3. The molecule has 1 aromatic carbocycles. The molecule has 0 fully saturated rings. The van der Waals surface area contributed by atoms with Gasteiger partial charge in [-0.3, -0.25) is 4.99 Å². The van der Waals surface area contributed by atoms with E-state index in [-0.39, 0.29) is 0 Å². The van der Waals surface area contributed by atoms with Gasteiger partial charge in [-0.15, -0.1) is 10.2 Å². The lowest BCUT2D eigenvalue weighted by Gasteiger charge is -2.12. The quantitative estimate of drug-likeness (QED) is 0.650. The van der Waals surface area contributed by atoms with E-state index in [1.807, 2.05) is 18.5 Å². The van der Waals surface area contributed by atoms with Crippen LogP contribution in [0.4, 0.5) is 0 Å². The van der Waals surface area contributed by atoms with E-state index in [0.717, 1.165) is 30.6 Å². The second-order valence-corrected chi connectivity index (χ2v) is 5.82. The van der Waals surface area contributed by atoms with Gasteiger partial charge in [0, 0.05) is 20.6 Å². The van der Waals surface area contributed by atoms with Crippen LogP contribution in [0.15, 0.2) is 23.2 Å². The summed E-state index contributed by atoms with van der Waals surface area (Å²) < 4.78 is 1.97. The minimum Gasteiger partial charge on any atom is -0.356 e. The summed E-state index contributed by atoms with van der Waals surface area (Å²) in [6.45, 7) is 7.63. The Labute approximate surface area is 138 Å². The Kier molecular flexibility index (Phi) is 5.73. The van der Waals surface area contributed by atoms with Crippen LogP contribution in [0.1, 0.15) is 28.3 Å². The van der Waals surface area contributed by atoms with Crippen molar-refractivity contribution >= 4 is 5.96 Å². The van der Waals surface area contributed by atoms with Crippen molar-refractivity contribution in [1.82, 2.24) is 25.4 Å². The summed E-state index contributed by atoms with van der Waals surface area (Å²) in [7, 11) is 3.73. The Morgan fingerprint density at radius 3 is 2.35 bits per heavy atom. The lowest BCUT2D eigenvalue weighted by atomic mass is 10.1. The standard InChI is InChI=1S/C17H26N6/c1-12-8-13(2)10-15(9-12)6-7-19-17(18-4)20-11-16-22-21-14(3)23(16)5/h8-10H,6-7,11H2,1-5H3,(H2,18,19,20). The number of rotatable bonds is 5. The lowest BCUT2D eigenvalue weighted by Crippen LogP contribution is -2.38. The number of guanidine groups is 1. The summed E-state index contributed by atoms with van der Waals surface area (Å²) in [6.07, 6.45) is 0.965. The van der Waals surface area contributed by atoms with Crippen LogP contribution in [-0.2, 0) is 20.0 Å². The molecule has 0 aliphatic carbocycles. The topological polar surface area (TPSA) is 67.1 Å². The molecule has 6 heteroatoms. The maximum absolute atomic E-state index is 4.24. The maximum atomic E-state index is 4.24. The van der Waals surface area contributed by atoms with Gasteiger partial charge < -0.3 is 15.2 Å². The summed E-state index contributed by atoms with van der Waals surface area (Å²) >= 11 is 0. The van der Waals surface area contributed by atoms with E-state index in [2.05, 4.69) is 57.9 Å². The SMILES string of the molecule is CN=C(NCCc1cc(C)cc(C)c1)NCc1nnc(C)n1C. The van der Waals surface area contributed by atoms with Gasteiger partial charge in [-0.2, -0.15) is 0 Å². The van der Waals surface area contributed by atoms with Gasteiger partial charge in [0.25, 0.3) is 0 Å². The first kappa shape index (κ1) is 17.0. The number of aromatic nitrogens is 3. The minimum absolute atomic E-state index is 0.598. The molecular weight excluding hydrogens is 288 g/mol. The molecular formula is C17H26N6. The summed E-state index contributed by atoms with van der Waals surface area (Å²) in [5.41, 5.74) is 3.95. The summed E-state index contributed by atoms with van der Waals surface area (Å²) in [5.74, 6) is 2.56. The fraction of sp³-hybridized carbons (Fsp3) is 0.471. The third-order valence-electron chi connectivity index (χ3n) is 3.81. The van der Waals surface area contributed by atoms with Crippen LogP contribution in [0, 0.1) is 20.8 Å². The summed E-state index contributed by atoms with van der Waals surface area (Å²) in [4.78, 5) is 4.24. The molecule has 0 saturated carbocycles. The lowest BCUT2D eigenvalue weighted by molar-refractivity contribution is 0.716. The first-order chi connectivity index (χ1) is 11.0. The molecule has 0 aliphatic heterocycles. The second-order valence-electron chi connectivity index (χ2n) is 5.82. The molecule has 2 rings (SSSR count). The molecule has 0 atom stereocenters. The van der Waals surface area contributed by atoms with Crippen LogP contribution >= 0.6 is 0 Å². The van der Waals surface area contributed by atoms with Crippen molar-refractivity contribution in [3.05, 3.63) is 46.5 Å². The zero-order valence-electron chi connectivity index (χ0n) is 14.6. The molecule has 0 unspecified atom stereocenters. The predicted molar refractivity (Wildman–Crippen MR) is 93.6 cm³/mol. The van der Waals surface area contributed by atoms with Gasteiger partial charge in [-0.1, -0.05) is 29.3 Å². The van der Waals surface area contributed by atoms with Crippen LogP contribution < -0.4 is 10.6 Å². The Bertz CT molecular complexity index is 666. The van der Waals surface area contributed by atoms with Crippen molar-refractivity contribution in [3.8, 4) is 0 Å². The number of benzene rings is 1. The molecule has 124 valence electrons. The fourth-order valence-corrected chi connectivity index (χ4v) is 2.53. The smallest absolute Gasteiger partial charge is 0.191 e. The molecule has 0 bridgehead atoms. The number of hydrogen-bond acceptors (Lipinski definition) is 3. The van der Waals surface area contributed by atoms with Crippen molar-refractivity contribution in [2.45, 2.75) is 33.7 Å². The highest BCUT2D eigenvalue weighted by Gasteiger charge is 2.05. The molecule has 0 amide bonds. The Morgan fingerprint density at radius 2 is 1.78 bits per heavy atom. The van der Waals surface area contributed by atoms with Crippen LogP contribution in [0.3, 0.4) is 0 Å². The Morgan fingerprint density at radius 1 is 1.09 bits per heavy atom. The largest absolute Gasteiger partial charge is 0.356 e. The average molecular weight is 314 g/mol. The molecule has 1 heterocycles. The van der Waals surface area contributed by atoms with Crippen LogP contribution in [-0.4, -0.2) is 34.3 Å². The predicted octanol–water partition coefficient (Wildman–Crippen LogP) is 1.65. The van der Waals surface area contributed by atoms with E-state index < -0.39 is 0 Å². The first-order valence-corrected chi connectivity index (χ1v) is 7.86. The average Bonchev–Trinajstić information content (AvgIpc) is 2.81. The van der Waals surface area contributed by atoms with E-state index in [1.165, 1.54) is 16.7 Å². The minimum atomic E-state index is 0.598. The van der Waals surface area contributed by atoms with Gasteiger partial charge in [0.2, 0.25) is 0 Å². The van der Waals surface area contributed by atoms with Crippen molar-refractivity contribution in [1.29, 1.82) is 0 Å². The van der Waals surface area contributed by atoms with Gasteiger partial charge in [-0.05, 0) is 32.8 Å². The fourth-order valence-electron chi connectivity index (χ4n) is 2.53. The highest BCUT2D eigenvalue weighted by atomic mass is 15.3. The zero-order chi connectivity index (χ0) is 16.8. The summed E-state index contributed by atoms with van der Waals surface area (Å²) in [6, 6.07) is 6.65. The van der Waals surface area contributed by atoms with Crippen LogP contribution in [0.5, 0.6) is 0 Å². The number of nitrogens with one attached hydrogen (secondary N) is 2.